The van der Waals surface area contributed by atoms with Gasteiger partial charge in [0.2, 0.25) is 5.91 Å². The molecule has 5 heteroatoms. The van der Waals surface area contributed by atoms with Crippen LogP contribution in [0.15, 0.2) is 60.8 Å². The van der Waals surface area contributed by atoms with Crippen LogP contribution >= 0.6 is 11.6 Å². The monoisotopic (exact) mass is 365 g/mol. The Balaban J connectivity index is 1.35. The molecule has 1 fully saturated rings. The van der Waals surface area contributed by atoms with E-state index < -0.39 is 0 Å². The molecular formula is C21H20ClN3O. The standard InChI is InChI=1S/C21H20ClN3O/c1-14-3-2-4-15(11-14)13-25-10-9-20(24-25)23-21(26)19-12-18(19)16-5-7-17(22)8-6-16/h2-11,18-19H,12-13H2,1H3,(H,23,24,26). The molecule has 1 saturated carbocycles. The molecule has 1 amide bonds. The zero-order valence-electron chi connectivity index (χ0n) is 14.5. The molecule has 26 heavy (non-hydrogen) atoms. The third-order valence-corrected chi connectivity index (χ3v) is 5.00. The van der Waals surface area contributed by atoms with Gasteiger partial charge in [-0.1, -0.05) is 53.6 Å². The summed E-state index contributed by atoms with van der Waals surface area (Å²) in [5.41, 5.74) is 3.58. The van der Waals surface area contributed by atoms with Crippen molar-refractivity contribution in [1.29, 1.82) is 0 Å². The van der Waals surface area contributed by atoms with E-state index in [0.717, 1.165) is 11.4 Å². The smallest absolute Gasteiger partial charge is 0.229 e. The number of rotatable bonds is 5. The van der Waals surface area contributed by atoms with E-state index >= 15 is 0 Å². The number of amides is 1. The van der Waals surface area contributed by atoms with Crippen molar-refractivity contribution >= 4 is 23.3 Å². The molecule has 4 nitrogen and oxygen atoms in total. The predicted molar refractivity (Wildman–Crippen MR) is 103 cm³/mol. The number of nitrogens with one attached hydrogen (secondary N) is 1. The van der Waals surface area contributed by atoms with Gasteiger partial charge in [0.05, 0.1) is 6.54 Å². The molecule has 2 unspecified atom stereocenters. The molecule has 1 aliphatic carbocycles. The number of carbonyl (C=O) groups is 1. The maximum atomic E-state index is 12.5. The van der Waals surface area contributed by atoms with Crippen molar-refractivity contribution < 1.29 is 4.79 Å². The lowest BCUT2D eigenvalue weighted by Gasteiger charge is -2.04. The van der Waals surface area contributed by atoms with Crippen LogP contribution in [0.25, 0.3) is 0 Å². The Bertz CT molecular complexity index is 932. The Kier molecular flexibility index (Phi) is 4.51. The normalized spacial score (nSPS) is 18.5. The molecule has 0 radical (unpaired) electrons. The van der Waals surface area contributed by atoms with E-state index in [-0.39, 0.29) is 17.7 Å². The second kappa shape index (κ2) is 6.96. The molecule has 0 spiro atoms. The van der Waals surface area contributed by atoms with Crippen molar-refractivity contribution in [2.24, 2.45) is 5.92 Å². The first-order chi connectivity index (χ1) is 12.6. The number of halogens is 1. The number of aromatic nitrogens is 2. The largest absolute Gasteiger partial charge is 0.309 e. The lowest BCUT2D eigenvalue weighted by atomic mass is 10.1. The number of hydrogen-bond acceptors (Lipinski definition) is 2. The second-order valence-electron chi connectivity index (χ2n) is 6.88. The molecule has 2 atom stereocenters. The van der Waals surface area contributed by atoms with E-state index in [9.17, 15) is 4.79 Å². The summed E-state index contributed by atoms with van der Waals surface area (Å²) in [6.07, 6.45) is 2.76. The van der Waals surface area contributed by atoms with Crippen LogP contribution in [-0.4, -0.2) is 15.7 Å². The van der Waals surface area contributed by atoms with Crippen molar-refractivity contribution in [2.45, 2.75) is 25.8 Å². The maximum Gasteiger partial charge on any atom is 0.229 e. The molecule has 2 aromatic carbocycles. The summed E-state index contributed by atoms with van der Waals surface area (Å²) in [7, 11) is 0. The summed E-state index contributed by atoms with van der Waals surface area (Å²) in [4.78, 5) is 12.5. The lowest BCUT2D eigenvalue weighted by Crippen LogP contribution is -2.15. The number of carbonyl (C=O) groups excluding carboxylic acids is 1. The van der Waals surface area contributed by atoms with E-state index in [1.165, 1.54) is 16.7 Å². The van der Waals surface area contributed by atoms with Crippen LogP contribution < -0.4 is 5.32 Å². The third kappa shape index (κ3) is 3.81. The quantitative estimate of drug-likeness (QED) is 0.716. The SMILES string of the molecule is Cc1cccc(Cn2ccc(NC(=O)C3CC3c3ccc(Cl)cc3)n2)c1. The summed E-state index contributed by atoms with van der Waals surface area (Å²) in [5, 5.41) is 8.11. The minimum Gasteiger partial charge on any atom is -0.309 e. The van der Waals surface area contributed by atoms with Crippen molar-refractivity contribution in [2.75, 3.05) is 5.32 Å². The Morgan fingerprint density at radius 3 is 2.81 bits per heavy atom. The highest BCUT2D eigenvalue weighted by atomic mass is 35.5. The molecule has 4 rings (SSSR count). The molecule has 0 bridgehead atoms. The van der Waals surface area contributed by atoms with Gasteiger partial charge in [0.15, 0.2) is 5.82 Å². The van der Waals surface area contributed by atoms with Crippen molar-refractivity contribution in [3.8, 4) is 0 Å². The van der Waals surface area contributed by atoms with Gasteiger partial charge < -0.3 is 5.32 Å². The third-order valence-electron chi connectivity index (χ3n) is 4.74. The summed E-state index contributed by atoms with van der Waals surface area (Å²) in [6.45, 7) is 2.76. The highest BCUT2D eigenvalue weighted by Gasteiger charge is 2.44. The van der Waals surface area contributed by atoms with Crippen LogP contribution in [0.5, 0.6) is 0 Å². The van der Waals surface area contributed by atoms with Crippen molar-refractivity contribution in [3.05, 3.63) is 82.5 Å². The van der Waals surface area contributed by atoms with Gasteiger partial charge in [-0.15, -0.1) is 0 Å². The molecule has 1 heterocycles. The van der Waals surface area contributed by atoms with Crippen LogP contribution in [0.4, 0.5) is 5.82 Å². The first-order valence-corrected chi connectivity index (χ1v) is 9.11. The van der Waals surface area contributed by atoms with Crippen molar-refractivity contribution in [1.82, 2.24) is 9.78 Å². The fraction of sp³-hybridized carbons (Fsp3) is 0.238. The average molecular weight is 366 g/mol. The van der Waals surface area contributed by atoms with E-state index in [1.54, 1.807) is 0 Å². The molecule has 1 aromatic heterocycles. The first kappa shape index (κ1) is 16.9. The minimum absolute atomic E-state index is 0.0121. The van der Waals surface area contributed by atoms with Crippen LogP contribution in [0, 0.1) is 12.8 Å². The van der Waals surface area contributed by atoms with Gasteiger partial charge in [-0.3, -0.25) is 9.48 Å². The van der Waals surface area contributed by atoms with Gasteiger partial charge in [0, 0.05) is 23.2 Å². The summed E-state index contributed by atoms with van der Waals surface area (Å²) < 4.78 is 1.84. The second-order valence-corrected chi connectivity index (χ2v) is 7.31. The van der Waals surface area contributed by atoms with Gasteiger partial charge in [0.1, 0.15) is 0 Å². The number of benzene rings is 2. The average Bonchev–Trinajstić information content (AvgIpc) is 3.30. The Morgan fingerprint density at radius 1 is 1.23 bits per heavy atom. The highest BCUT2D eigenvalue weighted by Crippen LogP contribution is 2.48. The molecule has 1 N–H and O–H groups in total. The maximum absolute atomic E-state index is 12.5. The van der Waals surface area contributed by atoms with Crippen molar-refractivity contribution in [3.63, 3.8) is 0 Å². The molecule has 132 valence electrons. The van der Waals surface area contributed by atoms with Gasteiger partial charge in [0.25, 0.3) is 0 Å². The number of nitrogens with zero attached hydrogens (tertiary/aromatic N) is 2. The summed E-state index contributed by atoms with van der Waals surface area (Å²) in [5.74, 6) is 0.926. The Labute approximate surface area is 157 Å². The van der Waals surface area contributed by atoms with Crippen LogP contribution in [-0.2, 0) is 11.3 Å². The number of hydrogen-bond donors (Lipinski definition) is 1. The topological polar surface area (TPSA) is 46.9 Å². The summed E-state index contributed by atoms with van der Waals surface area (Å²) in [6, 6.07) is 17.9. The Hall–Kier alpha value is -2.59. The van der Waals surface area contributed by atoms with Gasteiger partial charge in [-0.05, 0) is 42.5 Å². The van der Waals surface area contributed by atoms with Crippen LogP contribution in [0.1, 0.15) is 29.0 Å². The minimum atomic E-state index is 0.0121. The van der Waals surface area contributed by atoms with E-state index in [4.69, 9.17) is 11.6 Å². The van der Waals surface area contributed by atoms with E-state index in [2.05, 4.69) is 35.5 Å². The first-order valence-electron chi connectivity index (χ1n) is 8.74. The van der Waals surface area contributed by atoms with E-state index in [0.29, 0.717) is 12.4 Å². The number of aryl methyl sites for hydroxylation is 1. The zero-order valence-corrected chi connectivity index (χ0v) is 15.3. The fourth-order valence-electron chi connectivity index (χ4n) is 3.30. The fourth-order valence-corrected chi connectivity index (χ4v) is 3.42. The zero-order chi connectivity index (χ0) is 18.1. The van der Waals surface area contributed by atoms with Crippen LogP contribution in [0.2, 0.25) is 5.02 Å². The number of anilines is 1. The van der Waals surface area contributed by atoms with Gasteiger partial charge in [-0.2, -0.15) is 5.10 Å². The van der Waals surface area contributed by atoms with Gasteiger partial charge in [-0.25, -0.2) is 0 Å². The predicted octanol–water partition coefficient (Wildman–Crippen LogP) is 4.64. The van der Waals surface area contributed by atoms with E-state index in [1.807, 2.05) is 47.3 Å². The highest BCUT2D eigenvalue weighted by molar-refractivity contribution is 6.30. The molecular weight excluding hydrogens is 346 g/mol. The Morgan fingerprint density at radius 2 is 2.04 bits per heavy atom. The molecule has 3 aromatic rings. The molecule has 1 aliphatic rings. The van der Waals surface area contributed by atoms with Gasteiger partial charge >= 0.3 is 0 Å². The molecule has 0 aliphatic heterocycles. The van der Waals surface area contributed by atoms with Crippen LogP contribution in [0.3, 0.4) is 0 Å². The lowest BCUT2D eigenvalue weighted by molar-refractivity contribution is -0.117. The summed E-state index contributed by atoms with van der Waals surface area (Å²) >= 11 is 5.92. The molecule has 0 saturated heterocycles.